The molecule has 15 heavy (non-hydrogen) atoms. The average Bonchev–Trinajstić information content (AvgIpc) is 2.60. The Labute approximate surface area is 93.3 Å². The summed E-state index contributed by atoms with van der Waals surface area (Å²) >= 11 is 5.72. The number of phenolic OH excluding ortho intramolecular Hbond substituents is 1. The lowest BCUT2D eigenvalue weighted by Gasteiger charge is -2.17. The van der Waals surface area contributed by atoms with Gasteiger partial charge in [0.2, 0.25) is 5.91 Å². The van der Waals surface area contributed by atoms with Crippen LogP contribution in [0.5, 0.6) is 5.75 Å². The molecule has 0 aliphatic carbocycles. The van der Waals surface area contributed by atoms with Crippen LogP contribution in [-0.4, -0.2) is 23.4 Å². The Hall–Kier alpha value is -1.22. The van der Waals surface area contributed by atoms with E-state index in [-0.39, 0.29) is 17.6 Å². The lowest BCUT2D eigenvalue weighted by molar-refractivity contribution is -0.117. The Bertz CT molecular complexity index is 381. The first kappa shape index (κ1) is 10.3. The number of para-hydroxylation sites is 2. The predicted molar refractivity (Wildman–Crippen MR) is 59.3 cm³/mol. The van der Waals surface area contributed by atoms with Crippen molar-refractivity contribution in [3.8, 4) is 5.75 Å². The van der Waals surface area contributed by atoms with E-state index in [4.69, 9.17) is 11.6 Å². The lowest BCUT2D eigenvalue weighted by atomic mass is 10.1. The van der Waals surface area contributed by atoms with E-state index in [1.54, 1.807) is 29.2 Å². The van der Waals surface area contributed by atoms with Crippen molar-refractivity contribution < 1.29 is 9.90 Å². The predicted octanol–water partition coefficient (Wildman–Crippen LogP) is 1.98. The molecule has 0 spiro atoms. The molecule has 1 aliphatic rings. The molecule has 1 atom stereocenters. The third-order valence-corrected chi connectivity index (χ3v) is 3.03. The number of hydrogen-bond acceptors (Lipinski definition) is 2. The van der Waals surface area contributed by atoms with Crippen molar-refractivity contribution in [3.05, 3.63) is 24.3 Å². The molecule has 1 heterocycles. The molecule has 1 N–H and O–H groups in total. The fraction of sp³-hybridized carbons (Fsp3) is 0.364. The van der Waals surface area contributed by atoms with E-state index in [9.17, 15) is 9.90 Å². The van der Waals surface area contributed by atoms with E-state index >= 15 is 0 Å². The second-order valence-electron chi connectivity index (χ2n) is 3.72. The summed E-state index contributed by atoms with van der Waals surface area (Å²) in [6.07, 6.45) is 0.470. The van der Waals surface area contributed by atoms with E-state index in [1.165, 1.54) is 0 Å². The molecule has 1 amide bonds. The highest BCUT2D eigenvalue weighted by atomic mass is 35.5. The van der Waals surface area contributed by atoms with Crippen LogP contribution in [0.2, 0.25) is 0 Å². The van der Waals surface area contributed by atoms with E-state index in [2.05, 4.69) is 0 Å². The molecule has 0 bridgehead atoms. The summed E-state index contributed by atoms with van der Waals surface area (Å²) in [7, 11) is 0. The van der Waals surface area contributed by atoms with Crippen LogP contribution >= 0.6 is 11.6 Å². The van der Waals surface area contributed by atoms with Gasteiger partial charge in [-0.1, -0.05) is 12.1 Å². The molecule has 1 fully saturated rings. The van der Waals surface area contributed by atoms with Gasteiger partial charge in [0.1, 0.15) is 5.75 Å². The zero-order valence-corrected chi connectivity index (χ0v) is 8.94. The summed E-state index contributed by atoms with van der Waals surface area (Å²) in [5, 5.41) is 9.62. The molecule has 0 aromatic heterocycles. The molecule has 3 nitrogen and oxygen atoms in total. The number of benzene rings is 1. The largest absolute Gasteiger partial charge is 0.506 e. The van der Waals surface area contributed by atoms with Crippen LogP contribution in [0.25, 0.3) is 0 Å². The normalized spacial score (nSPS) is 21.0. The first-order valence-electron chi connectivity index (χ1n) is 4.86. The lowest BCUT2D eigenvalue weighted by Crippen LogP contribution is -2.24. The molecular formula is C11H12ClNO2. The smallest absolute Gasteiger partial charge is 0.227 e. The van der Waals surface area contributed by atoms with Crippen LogP contribution in [0.1, 0.15) is 6.42 Å². The molecular weight excluding hydrogens is 214 g/mol. The summed E-state index contributed by atoms with van der Waals surface area (Å²) in [4.78, 5) is 13.3. The molecule has 1 aliphatic heterocycles. The molecule has 0 saturated carbocycles. The van der Waals surface area contributed by atoms with Gasteiger partial charge in [0.05, 0.1) is 5.69 Å². The van der Waals surface area contributed by atoms with Gasteiger partial charge in [-0.05, 0) is 18.1 Å². The standard InChI is InChI=1S/C11H12ClNO2/c12-6-8-5-11(15)13(7-8)9-3-1-2-4-10(9)14/h1-4,8,14H,5-7H2. The maximum Gasteiger partial charge on any atom is 0.227 e. The number of aromatic hydroxyl groups is 1. The number of rotatable bonds is 2. The van der Waals surface area contributed by atoms with Crippen molar-refractivity contribution >= 4 is 23.2 Å². The van der Waals surface area contributed by atoms with Crippen molar-refractivity contribution in [2.24, 2.45) is 5.92 Å². The maximum atomic E-state index is 11.7. The number of phenols is 1. The van der Waals surface area contributed by atoms with Gasteiger partial charge in [0, 0.05) is 18.8 Å². The van der Waals surface area contributed by atoms with E-state index in [0.717, 1.165) is 0 Å². The minimum Gasteiger partial charge on any atom is -0.506 e. The highest BCUT2D eigenvalue weighted by Crippen LogP contribution is 2.32. The summed E-state index contributed by atoms with van der Waals surface area (Å²) in [5.41, 5.74) is 0.579. The summed E-state index contributed by atoms with van der Waals surface area (Å²) in [6.45, 7) is 0.597. The van der Waals surface area contributed by atoms with E-state index < -0.39 is 0 Å². The number of carbonyl (C=O) groups excluding carboxylic acids is 1. The van der Waals surface area contributed by atoms with Gasteiger partial charge in [-0.3, -0.25) is 4.79 Å². The van der Waals surface area contributed by atoms with Gasteiger partial charge in [-0.25, -0.2) is 0 Å². The van der Waals surface area contributed by atoms with Gasteiger partial charge < -0.3 is 10.0 Å². The Morgan fingerprint density at radius 3 is 2.80 bits per heavy atom. The monoisotopic (exact) mass is 225 g/mol. The minimum atomic E-state index is 0.0298. The van der Waals surface area contributed by atoms with Crippen molar-refractivity contribution in [1.82, 2.24) is 0 Å². The Morgan fingerprint density at radius 2 is 2.20 bits per heavy atom. The summed E-state index contributed by atoms with van der Waals surface area (Å²) in [6, 6.07) is 6.86. The topological polar surface area (TPSA) is 40.5 Å². The van der Waals surface area contributed by atoms with Gasteiger partial charge in [0.15, 0.2) is 0 Å². The van der Waals surface area contributed by atoms with Crippen LogP contribution in [0.4, 0.5) is 5.69 Å². The van der Waals surface area contributed by atoms with Crippen LogP contribution in [0.15, 0.2) is 24.3 Å². The molecule has 0 radical (unpaired) electrons. The molecule has 1 unspecified atom stereocenters. The second kappa shape index (κ2) is 4.11. The zero-order valence-electron chi connectivity index (χ0n) is 8.19. The molecule has 2 rings (SSSR count). The fourth-order valence-electron chi connectivity index (χ4n) is 1.81. The Balaban J connectivity index is 2.25. The number of alkyl halides is 1. The maximum absolute atomic E-state index is 11.7. The van der Waals surface area contributed by atoms with Gasteiger partial charge in [-0.2, -0.15) is 0 Å². The highest BCUT2D eigenvalue weighted by molar-refractivity contribution is 6.18. The number of anilines is 1. The first-order chi connectivity index (χ1) is 7.22. The number of halogens is 1. The minimum absolute atomic E-state index is 0.0298. The first-order valence-corrected chi connectivity index (χ1v) is 5.40. The van der Waals surface area contributed by atoms with Gasteiger partial charge in [0.25, 0.3) is 0 Å². The highest BCUT2D eigenvalue weighted by Gasteiger charge is 2.30. The fourth-order valence-corrected chi connectivity index (χ4v) is 2.02. The average molecular weight is 226 g/mol. The van der Waals surface area contributed by atoms with Gasteiger partial charge >= 0.3 is 0 Å². The van der Waals surface area contributed by atoms with Crippen LogP contribution < -0.4 is 4.90 Å². The van der Waals surface area contributed by atoms with Crippen molar-refractivity contribution in [3.63, 3.8) is 0 Å². The Kier molecular flexibility index (Phi) is 2.82. The van der Waals surface area contributed by atoms with Crippen molar-refractivity contribution in [2.45, 2.75) is 6.42 Å². The van der Waals surface area contributed by atoms with Crippen molar-refractivity contribution in [2.75, 3.05) is 17.3 Å². The molecule has 1 aromatic carbocycles. The third-order valence-electron chi connectivity index (χ3n) is 2.60. The molecule has 1 aromatic rings. The second-order valence-corrected chi connectivity index (χ2v) is 4.03. The summed E-state index contributed by atoms with van der Waals surface area (Å²) in [5.74, 6) is 0.845. The van der Waals surface area contributed by atoms with E-state index in [0.29, 0.717) is 24.5 Å². The van der Waals surface area contributed by atoms with Crippen LogP contribution in [0.3, 0.4) is 0 Å². The SMILES string of the molecule is O=C1CC(CCl)CN1c1ccccc1O. The number of nitrogens with zero attached hydrogens (tertiary/aromatic N) is 1. The van der Waals surface area contributed by atoms with Gasteiger partial charge in [-0.15, -0.1) is 11.6 Å². The number of amides is 1. The zero-order chi connectivity index (χ0) is 10.8. The van der Waals surface area contributed by atoms with Crippen LogP contribution in [-0.2, 0) is 4.79 Å². The van der Waals surface area contributed by atoms with E-state index in [1.807, 2.05) is 0 Å². The Morgan fingerprint density at radius 1 is 1.47 bits per heavy atom. The third kappa shape index (κ3) is 1.92. The number of carbonyl (C=O) groups is 1. The molecule has 80 valence electrons. The molecule has 4 heteroatoms. The molecule has 1 saturated heterocycles. The number of hydrogen-bond donors (Lipinski definition) is 1. The van der Waals surface area contributed by atoms with Crippen molar-refractivity contribution in [1.29, 1.82) is 0 Å². The summed E-state index contributed by atoms with van der Waals surface area (Å²) < 4.78 is 0. The quantitative estimate of drug-likeness (QED) is 0.782. The van der Waals surface area contributed by atoms with Crippen LogP contribution in [0, 0.1) is 5.92 Å².